The van der Waals surface area contributed by atoms with Crippen LogP contribution in [0.2, 0.25) is 10.0 Å². The third-order valence-corrected chi connectivity index (χ3v) is 6.11. The molecule has 0 saturated heterocycles. The Kier molecular flexibility index (Phi) is 5.77. The Balaban J connectivity index is 1.62. The number of methoxy groups -OCH3 is 1. The molecular formula is C24H17Cl2N5O3. The summed E-state index contributed by atoms with van der Waals surface area (Å²) in [4.78, 5) is 21.5. The molecule has 3 heterocycles. The maximum Gasteiger partial charge on any atom is 0.289 e. The second-order valence-corrected chi connectivity index (χ2v) is 8.35. The molecule has 170 valence electrons. The molecular weight excluding hydrogens is 477 g/mol. The second-order valence-electron chi connectivity index (χ2n) is 7.50. The molecule has 0 atom stereocenters. The Morgan fingerprint density at radius 2 is 1.97 bits per heavy atom. The van der Waals surface area contributed by atoms with E-state index in [0.717, 1.165) is 16.8 Å². The van der Waals surface area contributed by atoms with Crippen LogP contribution in [0.25, 0.3) is 22.5 Å². The van der Waals surface area contributed by atoms with Crippen LogP contribution in [-0.2, 0) is 6.54 Å². The van der Waals surface area contributed by atoms with Gasteiger partial charge in [-0.15, -0.1) is 10.2 Å². The van der Waals surface area contributed by atoms with Gasteiger partial charge in [-0.25, -0.2) is 9.97 Å². The first-order valence-electron chi connectivity index (χ1n) is 10.2. The molecule has 10 heteroatoms. The highest BCUT2D eigenvalue weighted by atomic mass is 35.5. The van der Waals surface area contributed by atoms with Crippen LogP contribution < -0.4 is 4.74 Å². The summed E-state index contributed by atoms with van der Waals surface area (Å²) in [5.41, 5.74) is 3.30. The van der Waals surface area contributed by atoms with Crippen LogP contribution in [0.5, 0.6) is 5.75 Å². The lowest BCUT2D eigenvalue weighted by atomic mass is 10.1. The smallest absolute Gasteiger partial charge is 0.289 e. The summed E-state index contributed by atoms with van der Waals surface area (Å²) in [5.74, 6) is 0.223. The summed E-state index contributed by atoms with van der Waals surface area (Å²) in [6.45, 7) is 2.30. The van der Waals surface area contributed by atoms with Crippen molar-refractivity contribution >= 4 is 39.9 Å². The highest BCUT2D eigenvalue weighted by Crippen LogP contribution is 2.33. The molecule has 34 heavy (non-hydrogen) atoms. The van der Waals surface area contributed by atoms with E-state index in [1.54, 1.807) is 31.5 Å². The molecule has 0 amide bonds. The zero-order chi connectivity index (χ0) is 23.8. The van der Waals surface area contributed by atoms with Crippen LogP contribution in [-0.4, -0.2) is 37.6 Å². The molecule has 0 spiro atoms. The Hall–Kier alpha value is -3.75. The number of hydrogen-bond donors (Lipinski definition) is 0. The molecule has 5 rings (SSSR count). The molecule has 0 fully saturated rings. The molecule has 0 aliphatic heterocycles. The number of ether oxygens (including phenoxy) is 1. The predicted molar refractivity (Wildman–Crippen MR) is 128 cm³/mol. The van der Waals surface area contributed by atoms with Crippen LogP contribution in [0, 0.1) is 6.92 Å². The van der Waals surface area contributed by atoms with E-state index < -0.39 is 5.78 Å². The molecule has 0 radical (unpaired) electrons. The van der Waals surface area contributed by atoms with E-state index >= 15 is 0 Å². The number of ketones is 1. The number of carbonyl (C=O) groups excluding carboxylic acids is 1. The van der Waals surface area contributed by atoms with Gasteiger partial charge in [-0.1, -0.05) is 29.3 Å². The van der Waals surface area contributed by atoms with E-state index in [9.17, 15) is 4.79 Å². The Morgan fingerprint density at radius 1 is 1.12 bits per heavy atom. The number of nitrogens with zero attached hydrogens (tertiary/aromatic N) is 5. The van der Waals surface area contributed by atoms with Gasteiger partial charge in [0.2, 0.25) is 0 Å². The highest BCUT2D eigenvalue weighted by Gasteiger charge is 2.26. The number of hydrogen-bond acceptors (Lipinski definition) is 7. The van der Waals surface area contributed by atoms with Crippen molar-refractivity contribution in [3.05, 3.63) is 87.7 Å². The molecule has 0 bridgehead atoms. The standard InChI is InChI=1S/C24H17Cl2N5O3/c1-13-21(22(32)24-30-29-23(34-24)19-7-8-27-12-28-19)17-10-16(33-2)5-6-20(17)31(13)11-14-3-4-15(25)9-18(14)26/h3-10,12H,11H2,1-2H3. The van der Waals surface area contributed by atoms with Crippen molar-refractivity contribution in [1.29, 1.82) is 0 Å². The lowest BCUT2D eigenvalue weighted by Gasteiger charge is -2.11. The molecule has 0 unspecified atom stereocenters. The van der Waals surface area contributed by atoms with E-state index in [0.29, 0.717) is 39.0 Å². The SMILES string of the molecule is COc1ccc2c(c1)c(C(=O)c1nnc(-c3ccncn3)o1)c(C)n2Cc1ccc(Cl)cc1Cl. The monoisotopic (exact) mass is 493 g/mol. The van der Waals surface area contributed by atoms with E-state index in [4.69, 9.17) is 32.4 Å². The van der Waals surface area contributed by atoms with Gasteiger partial charge >= 0.3 is 0 Å². The maximum atomic E-state index is 13.6. The zero-order valence-corrected chi connectivity index (χ0v) is 19.6. The minimum atomic E-state index is -0.399. The molecule has 0 aliphatic rings. The number of carbonyl (C=O) groups is 1. The van der Waals surface area contributed by atoms with Crippen molar-refractivity contribution in [1.82, 2.24) is 24.7 Å². The topological polar surface area (TPSA) is 95.9 Å². The van der Waals surface area contributed by atoms with Gasteiger partial charge in [0.1, 0.15) is 17.8 Å². The molecule has 3 aromatic heterocycles. The average Bonchev–Trinajstić information content (AvgIpc) is 3.44. The Labute approximate surface area is 204 Å². The molecule has 5 aromatic rings. The Morgan fingerprint density at radius 3 is 2.71 bits per heavy atom. The Bertz CT molecular complexity index is 1530. The van der Waals surface area contributed by atoms with Crippen LogP contribution in [0.4, 0.5) is 0 Å². The van der Waals surface area contributed by atoms with Gasteiger partial charge in [0.05, 0.1) is 12.7 Å². The van der Waals surface area contributed by atoms with Crippen molar-refractivity contribution in [2.75, 3.05) is 7.11 Å². The third-order valence-electron chi connectivity index (χ3n) is 5.52. The fourth-order valence-electron chi connectivity index (χ4n) is 3.84. The van der Waals surface area contributed by atoms with E-state index in [1.165, 1.54) is 6.33 Å². The van der Waals surface area contributed by atoms with Crippen LogP contribution in [0.15, 0.2) is 59.4 Å². The minimum absolute atomic E-state index is 0.136. The summed E-state index contributed by atoms with van der Waals surface area (Å²) < 4.78 is 13.1. The predicted octanol–water partition coefficient (Wildman–Crippen LogP) is 5.38. The maximum absolute atomic E-state index is 13.6. The quantitative estimate of drug-likeness (QED) is 0.292. The summed E-state index contributed by atoms with van der Waals surface area (Å²) >= 11 is 12.5. The molecule has 0 aliphatic carbocycles. The van der Waals surface area contributed by atoms with E-state index in [-0.39, 0.29) is 11.8 Å². The largest absolute Gasteiger partial charge is 0.497 e. The van der Waals surface area contributed by atoms with Gasteiger partial charge in [-0.05, 0) is 48.9 Å². The number of rotatable bonds is 6. The van der Waals surface area contributed by atoms with E-state index in [1.807, 2.05) is 35.8 Å². The van der Waals surface area contributed by atoms with Crippen molar-refractivity contribution in [3.8, 4) is 17.3 Å². The van der Waals surface area contributed by atoms with Crippen LogP contribution in [0.3, 0.4) is 0 Å². The third kappa shape index (κ3) is 3.91. The average molecular weight is 494 g/mol. The lowest BCUT2D eigenvalue weighted by Crippen LogP contribution is -2.07. The first kappa shape index (κ1) is 22.1. The molecule has 8 nitrogen and oxygen atoms in total. The minimum Gasteiger partial charge on any atom is -0.497 e. The van der Waals surface area contributed by atoms with Crippen LogP contribution in [0.1, 0.15) is 27.5 Å². The number of fused-ring (bicyclic) bond motifs is 1. The highest BCUT2D eigenvalue weighted by molar-refractivity contribution is 6.35. The first-order valence-corrected chi connectivity index (χ1v) is 11.0. The normalized spacial score (nSPS) is 11.2. The van der Waals surface area contributed by atoms with Gasteiger partial charge in [0, 0.05) is 39.4 Å². The number of benzene rings is 2. The van der Waals surface area contributed by atoms with Gasteiger partial charge in [0.25, 0.3) is 17.6 Å². The lowest BCUT2D eigenvalue weighted by molar-refractivity contribution is 0.100. The number of aromatic nitrogens is 5. The van der Waals surface area contributed by atoms with Gasteiger partial charge in [-0.3, -0.25) is 4.79 Å². The second kappa shape index (κ2) is 8.89. The summed E-state index contributed by atoms with van der Waals surface area (Å²) in [6.07, 6.45) is 2.92. The van der Waals surface area contributed by atoms with Gasteiger partial charge < -0.3 is 13.7 Å². The van der Waals surface area contributed by atoms with Crippen molar-refractivity contribution in [3.63, 3.8) is 0 Å². The molecule has 2 aromatic carbocycles. The van der Waals surface area contributed by atoms with E-state index in [2.05, 4.69) is 20.2 Å². The van der Waals surface area contributed by atoms with Crippen molar-refractivity contribution < 1.29 is 13.9 Å². The fourth-order valence-corrected chi connectivity index (χ4v) is 4.31. The van der Waals surface area contributed by atoms with Crippen LogP contribution >= 0.6 is 23.2 Å². The number of halogens is 2. The van der Waals surface area contributed by atoms with Crippen molar-refractivity contribution in [2.24, 2.45) is 0 Å². The zero-order valence-electron chi connectivity index (χ0n) is 18.1. The first-order chi connectivity index (χ1) is 16.5. The fraction of sp³-hybridized carbons (Fsp3) is 0.125. The molecule has 0 N–H and O–H groups in total. The summed E-state index contributed by atoms with van der Waals surface area (Å²) in [6, 6.07) is 12.5. The summed E-state index contributed by atoms with van der Waals surface area (Å²) in [5, 5.41) is 9.76. The summed E-state index contributed by atoms with van der Waals surface area (Å²) in [7, 11) is 1.58. The van der Waals surface area contributed by atoms with Gasteiger partial charge in [-0.2, -0.15) is 0 Å². The van der Waals surface area contributed by atoms with Crippen molar-refractivity contribution in [2.45, 2.75) is 13.5 Å². The van der Waals surface area contributed by atoms with Gasteiger partial charge in [0.15, 0.2) is 0 Å². The molecule has 0 saturated carbocycles.